The predicted molar refractivity (Wildman–Crippen MR) is 82.7 cm³/mol. The van der Waals surface area contributed by atoms with Crippen molar-refractivity contribution in [2.75, 3.05) is 7.11 Å². The van der Waals surface area contributed by atoms with Crippen LogP contribution in [0.5, 0.6) is 0 Å². The Balaban J connectivity index is 2.25. The van der Waals surface area contributed by atoms with Crippen LogP contribution in [0.25, 0.3) is 0 Å². The highest BCUT2D eigenvalue weighted by Gasteiger charge is 2.33. The molecule has 0 fully saturated rings. The Kier molecular flexibility index (Phi) is 5.36. The first-order chi connectivity index (χ1) is 10.8. The second-order valence-electron chi connectivity index (χ2n) is 4.79. The number of alkyl halides is 3. The van der Waals surface area contributed by atoms with E-state index < -0.39 is 17.7 Å². The number of hydrogen-bond donors (Lipinski definition) is 0. The lowest BCUT2D eigenvalue weighted by Gasteiger charge is -2.13. The van der Waals surface area contributed by atoms with Gasteiger partial charge in [-0.2, -0.15) is 13.2 Å². The van der Waals surface area contributed by atoms with Gasteiger partial charge in [0.25, 0.3) is 0 Å². The molecule has 23 heavy (non-hydrogen) atoms. The Morgan fingerprint density at radius 1 is 1.09 bits per heavy atom. The van der Waals surface area contributed by atoms with Gasteiger partial charge >= 0.3 is 12.1 Å². The van der Waals surface area contributed by atoms with Gasteiger partial charge in [0.2, 0.25) is 0 Å². The van der Waals surface area contributed by atoms with E-state index in [0.29, 0.717) is 16.9 Å². The summed E-state index contributed by atoms with van der Waals surface area (Å²) in [4.78, 5) is 12.6. The average Bonchev–Trinajstić information content (AvgIpc) is 2.54. The van der Waals surface area contributed by atoms with Crippen LogP contribution in [0.4, 0.5) is 13.2 Å². The quantitative estimate of drug-likeness (QED) is 0.715. The van der Waals surface area contributed by atoms with Gasteiger partial charge in [0, 0.05) is 9.79 Å². The molecule has 0 spiro atoms. The molecule has 0 radical (unpaired) electrons. The molecule has 0 bridgehead atoms. The number of aryl methyl sites for hydroxylation is 1. The van der Waals surface area contributed by atoms with Gasteiger partial charge in [0.15, 0.2) is 0 Å². The molecule has 0 aliphatic rings. The van der Waals surface area contributed by atoms with E-state index in [9.17, 15) is 18.0 Å². The molecule has 0 saturated heterocycles. The summed E-state index contributed by atoms with van der Waals surface area (Å²) < 4.78 is 43.8. The van der Waals surface area contributed by atoms with Gasteiger partial charge in [0.1, 0.15) is 0 Å². The molecule has 2 nitrogen and oxygen atoms in total. The Hall–Kier alpha value is -1.95. The molecule has 2 aromatic rings. The minimum Gasteiger partial charge on any atom is -0.465 e. The molecule has 0 heterocycles. The van der Waals surface area contributed by atoms with E-state index in [0.717, 1.165) is 11.0 Å². The molecule has 0 atom stereocenters. The highest BCUT2D eigenvalue weighted by atomic mass is 32.2. The van der Waals surface area contributed by atoms with Crippen molar-refractivity contribution in [1.82, 2.24) is 0 Å². The fourth-order valence-electron chi connectivity index (χ4n) is 2.10. The van der Waals surface area contributed by atoms with Gasteiger partial charge in [-0.15, -0.1) is 0 Å². The first kappa shape index (κ1) is 17.4. The van der Waals surface area contributed by atoms with Crippen LogP contribution < -0.4 is 0 Å². The third-order valence-electron chi connectivity index (χ3n) is 3.28. The lowest BCUT2D eigenvalue weighted by atomic mass is 10.1. The Morgan fingerprint density at radius 3 is 2.22 bits per heavy atom. The van der Waals surface area contributed by atoms with Crippen molar-refractivity contribution < 1.29 is 22.7 Å². The summed E-state index contributed by atoms with van der Waals surface area (Å²) in [5.74, 6) is -0.451. The van der Waals surface area contributed by atoms with Crippen molar-refractivity contribution in [3.8, 4) is 0 Å². The number of carbonyl (C=O) groups is 1. The van der Waals surface area contributed by atoms with E-state index in [4.69, 9.17) is 0 Å². The first-order valence-corrected chi connectivity index (χ1v) is 7.73. The molecular formula is C17H15F3O2S. The third-order valence-corrected chi connectivity index (χ3v) is 4.28. The number of esters is 1. The lowest BCUT2D eigenvalue weighted by Crippen LogP contribution is -2.08. The van der Waals surface area contributed by atoms with Crippen LogP contribution in [0.3, 0.4) is 0 Å². The summed E-state index contributed by atoms with van der Waals surface area (Å²) >= 11 is 1.21. The molecule has 0 N–H and O–H groups in total. The summed E-state index contributed by atoms with van der Waals surface area (Å²) in [5, 5.41) is 0. The fraction of sp³-hybridized carbons (Fsp3) is 0.235. The van der Waals surface area contributed by atoms with Gasteiger partial charge < -0.3 is 4.74 Å². The van der Waals surface area contributed by atoms with Crippen LogP contribution in [0.2, 0.25) is 0 Å². The Morgan fingerprint density at radius 2 is 1.70 bits per heavy atom. The first-order valence-electron chi connectivity index (χ1n) is 6.91. The van der Waals surface area contributed by atoms with E-state index >= 15 is 0 Å². The molecule has 2 aromatic carbocycles. The minimum atomic E-state index is -4.36. The SMILES string of the molecule is CCc1ccc(Sc2ccc(C(=O)OC)cc2)cc1C(F)(F)F. The molecule has 122 valence electrons. The van der Waals surface area contributed by atoms with Gasteiger partial charge in [-0.25, -0.2) is 4.79 Å². The van der Waals surface area contributed by atoms with Crippen LogP contribution in [-0.4, -0.2) is 13.1 Å². The number of rotatable bonds is 4. The van der Waals surface area contributed by atoms with Crippen molar-refractivity contribution in [3.05, 3.63) is 59.2 Å². The highest BCUT2D eigenvalue weighted by Crippen LogP contribution is 2.37. The van der Waals surface area contributed by atoms with E-state index in [1.807, 2.05) is 0 Å². The van der Waals surface area contributed by atoms with Crippen LogP contribution in [0.15, 0.2) is 52.3 Å². The van der Waals surface area contributed by atoms with Crippen LogP contribution >= 0.6 is 11.8 Å². The van der Waals surface area contributed by atoms with Crippen LogP contribution in [-0.2, 0) is 17.3 Å². The van der Waals surface area contributed by atoms with E-state index in [1.54, 1.807) is 37.3 Å². The number of hydrogen-bond acceptors (Lipinski definition) is 3. The lowest BCUT2D eigenvalue weighted by molar-refractivity contribution is -0.138. The monoisotopic (exact) mass is 340 g/mol. The van der Waals surface area contributed by atoms with Crippen LogP contribution in [0, 0.1) is 0 Å². The zero-order valence-corrected chi connectivity index (χ0v) is 13.4. The van der Waals surface area contributed by atoms with Crippen molar-refractivity contribution in [1.29, 1.82) is 0 Å². The van der Waals surface area contributed by atoms with E-state index in [1.165, 1.54) is 24.9 Å². The summed E-state index contributed by atoms with van der Waals surface area (Å²) in [6.45, 7) is 1.70. The summed E-state index contributed by atoms with van der Waals surface area (Å²) in [5.41, 5.74) is 0.0771. The Labute approximate surface area is 136 Å². The third kappa shape index (κ3) is 4.28. The zero-order chi connectivity index (χ0) is 17.0. The van der Waals surface area contributed by atoms with Crippen molar-refractivity contribution >= 4 is 17.7 Å². The van der Waals surface area contributed by atoms with E-state index in [2.05, 4.69) is 4.74 Å². The average molecular weight is 340 g/mol. The molecule has 0 aliphatic carbocycles. The minimum absolute atomic E-state index is 0.280. The van der Waals surface area contributed by atoms with Crippen molar-refractivity contribution in [2.45, 2.75) is 29.3 Å². The topological polar surface area (TPSA) is 26.3 Å². The second-order valence-corrected chi connectivity index (χ2v) is 5.94. The standard InChI is InChI=1S/C17H15F3O2S/c1-3-11-4-9-14(10-15(11)17(18,19)20)23-13-7-5-12(6-8-13)16(21)22-2/h4-10H,3H2,1-2H3. The van der Waals surface area contributed by atoms with Gasteiger partial charge in [-0.05, 0) is 48.4 Å². The summed E-state index contributed by atoms with van der Waals surface area (Å²) in [7, 11) is 1.29. The van der Waals surface area contributed by atoms with Gasteiger partial charge in [-0.1, -0.05) is 24.8 Å². The molecule has 0 saturated carbocycles. The fourth-order valence-corrected chi connectivity index (χ4v) is 2.96. The normalized spacial score (nSPS) is 11.3. The largest absolute Gasteiger partial charge is 0.465 e. The zero-order valence-electron chi connectivity index (χ0n) is 12.6. The molecular weight excluding hydrogens is 325 g/mol. The predicted octanol–water partition coefficient (Wildman–Crippen LogP) is 5.21. The smallest absolute Gasteiger partial charge is 0.416 e. The Bertz CT molecular complexity index is 694. The number of carbonyl (C=O) groups excluding carboxylic acids is 1. The molecule has 0 aliphatic heterocycles. The molecule has 2 rings (SSSR count). The summed E-state index contributed by atoms with van der Waals surface area (Å²) in [6.07, 6.45) is -4.04. The van der Waals surface area contributed by atoms with Gasteiger partial charge in [0.05, 0.1) is 18.2 Å². The number of halogens is 3. The maximum Gasteiger partial charge on any atom is 0.416 e. The van der Waals surface area contributed by atoms with Crippen molar-refractivity contribution in [3.63, 3.8) is 0 Å². The van der Waals surface area contributed by atoms with Crippen LogP contribution in [0.1, 0.15) is 28.4 Å². The number of methoxy groups -OCH3 is 1. The maximum atomic E-state index is 13.1. The summed E-state index contributed by atoms with van der Waals surface area (Å²) in [6, 6.07) is 10.9. The van der Waals surface area contributed by atoms with E-state index in [-0.39, 0.29) is 5.56 Å². The maximum absolute atomic E-state index is 13.1. The second kappa shape index (κ2) is 7.08. The molecule has 6 heteroatoms. The van der Waals surface area contributed by atoms with Gasteiger partial charge in [-0.3, -0.25) is 0 Å². The highest BCUT2D eigenvalue weighted by molar-refractivity contribution is 7.99. The molecule has 0 unspecified atom stereocenters. The van der Waals surface area contributed by atoms with Crippen molar-refractivity contribution in [2.24, 2.45) is 0 Å². The molecule has 0 aromatic heterocycles. The molecule has 0 amide bonds. The number of benzene rings is 2. The number of ether oxygens (including phenoxy) is 1.